The molecule has 118 valence electrons. The molecule has 0 radical (unpaired) electrons. The lowest BCUT2D eigenvalue weighted by Crippen LogP contribution is -2.24. The Labute approximate surface area is 138 Å². The zero-order valence-electron chi connectivity index (χ0n) is 12.2. The lowest BCUT2D eigenvalue weighted by Gasteiger charge is -2.10. The van der Waals surface area contributed by atoms with E-state index in [1.807, 2.05) is 24.3 Å². The van der Waals surface area contributed by atoms with Gasteiger partial charge in [0.1, 0.15) is 5.75 Å². The van der Waals surface area contributed by atoms with Gasteiger partial charge in [0.05, 0.1) is 23.9 Å². The number of nitro benzene ring substituents is 1. The van der Waals surface area contributed by atoms with Crippen molar-refractivity contribution in [1.82, 2.24) is 5.43 Å². The van der Waals surface area contributed by atoms with E-state index in [1.165, 1.54) is 18.3 Å². The highest BCUT2D eigenvalue weighted by Crippen LogP contribution is 2.22. The maximum atomic E-state index is 10.6. The average molecular weight is 330 g/mol. The first-order chi connectivity index (χ1) is 11.1. The number of thiocarbonyl (C=S) groups is 1. The first-order valence-corrected chi connectivity index (χ1v) is 6.98. The topological polar surface area (TPSA) is 88.8 Å². The van der Waals surface area contributed by atoms with Crippen LogP contribution in [0, 0.1) is 10.1 Å². The van der Waals surface area contributed by atoms with E-state index in [1.54, 1.807) is 19.2 Å². The predicted molar refractivity (Wildman–Crippen MR) is 93.0 cm³/mol. The SMILES string of the molecule is COc1ccccc1NC(=S)N/N=C\c1ccc([N+](=O)[O-])cc1. The Hall–Kier alpha value is -3.00. The van der Waals surface area contributed by atoms with Crippen molar-refractivity contribution in [3.05, 3.63) is 64.2 Å². The molecule has 0 fully saturated rings. The zero-order valence-corrected chi connectivity index (χ0v) is 13.0. The Morgan fingerprint density at radius 3 is 2.61 bits per heavy atom. The molecule has 8 heteroatoms. The molecule has 23 heavy (non-hydrogen) atoms. The molecule has 0 aliphatic rings. The highest BCUT2D eigenvalue weighted by atomic mass is 32.1. The summed E-state index contributed by atoms with van der Waals surface area (Å²) in [7, 11) is 1.57. The van der Waals surface area contributed by atoms with Crippen molar-refractivity contribution < 1.29 is 9.66 Å². The summed E-state index contributed by atoms with van der Waals surface area (Å²) in [5.74, 6) is 0.663. The molecular weight excluding hydrogens is 316 g/mol. The average Bonchev–Trinajstić information content (AvgIpc) is 2.56. The van der Waals surface area contributed by atoms with Gasteiger partial charge in [0, 0.05) is 12.1 Å². The number of nitro groups is 1. The van der Waals surface area contributed by atoms with E-state index < -0.39 is 4.92 Å². The number of hydrazone groups is 1. The molecule has 2 N–H and O–H groups in total. The maximum absolute atomic E-state index is 10.6. The van der Waals surface area contributed by atoms with Crippen LogP contribution in [0.2, 0.25) is 0 Å². The molecule has 7 nitrogen and oxygen atoms in total. The monoisotopic (exact) mass is 330 g/mol. The van der Waals surface area contributed by atoms with E-state index in [4.69, 9.17) is 17.0 Å². The molecule has 0 unspecified atom stereocenters. The largest absolute Gasteiger partial charge is 0.495 e. The molecule has 0 aromatic heterocycles. The maximum Gasteiger partial charge on any atom is 0.269 e. The lowest BCUT2D eigenvalue weighted by molar-refractivity contribution is -0.384. The molecule has 0 bridgehead atoms. The van der Waals surface area contributed by atoms with Gasteiger partial charge in [-0.3, -0.25) is 15.5 Å². The molecule has 0 spiro atoms. The van der Waals surface area contributed by atoms with Gasteiger partial charge in [-0.15, -0.1) is 0 Å². The van der Waals surface area contributed by atoms with E-state index in [2.05, 4.69) is 15.8 Å². The van der Waals surface area contributed by atoms with Crippen molar-refractivity contribution >= 4 is 34.9 Å². The first-order valence-electron chi connectivity index (χ1n) is 6.57. The van der Waals surface area contributed by atoms with Crippen LogP contribution in [-0.4, -0.2) is 23.4 Å². The van der Waals surface area contributed by atoms with E-state index in [0.29, 0.717) is 16.4 Å². The van der Waals surface area contributed by atoms with Crippen LogP contribution in [0.3, 0.4) is 0 Å². The third-order valence-electron chi connectivity index (χ3n) is 2.84. The highest BCUT2D eigenvalue weighted by molar-refractivity contribution is 7.80. The molecule has 0 heterocycles. The minimum Gasteiger partial charge on any atom is -0.495 e. The summed E-state index contributed by atoms with van der Waals surface area (Å²) in [4.78, 5) is 10.1. The van der Waals surface area contributed by atoms with Gasteiger partial charge >= 0.3 is 0 Å². The van der Waals surface area contributed by atoms with Gasteiger partial charge in [-0.05, 0) is 42.0 Å². The van der Waals surface area contributed by atoms with Crippen molar-refractivity contribution in [2.75, 3.05) is 12.4 Å². The molecule has 0 aliphatic carbocycles. The summed E-state index contributed by atoms with van der Waals surface area (Å²) in [6, 6.07) is 13.4. The molecule has 0 amide bonds. The van der Waals surface area contributed by atoms with E-state index in [9.17, 15) is 10.1 Å². The molecular formula is C15H14N4O3S. The predicted octanol–water partition coefficient (Wildman–Crippen LogP) is 2.92. The van der Waals surface area contributed by atoms with Gasteiger partial charge in [0.2, 0.25) is 0 Å². The van der Waals surface area contributed by atoms with E-state index in [-0.39, 0.29) is 5.69 Å². The number of anilines is 1. The van der Waals surface area contributed by atoms with Crippen molar-refractivity contribution in [3.63, 3.8) is 0 Å². The number of methoxy groups -OCH3 is 1. The third-order valence-corrected chi connectivity index (χ3v) is 3.03. The van der Waals surface area contributed by atoms with Crippen molar-refractivity contribution in [2.24, 2.45) is 5.10 Å². The molecule has 0 aliphatic heterocycles. The Balaban J connectivity index is 1.92. The second-order valence-electron chi connectivity index (χ2n) is 4.37. The molecule has 2 aromatic rings. The van der Waals surface area contributed by atoms with E-state index in [0.717, 1.165) is 5.69 Å². The summed E-state index contributed by atoms with van der Waals surface area (Å²) in [6.45, 7) is 0. The fourth-order valence-electron chi connectivity index (χ4n) is 1.75. The first kappa shape index (κ1) is 16.4. The van der Waals surface area contributed by atoms with Crippen LogP contribution in [0.1, 0.15) is 5.56 Å². The number of hydrogen-bond acceptors (Lipinski definition) is 5. The van der Waals surface area contributed by atoms with Crippen LogP contribution < -0.4 is 15.5 Å². The lowest BCUT2D eigenvalue weighted by atomic mass is 10.2. The van der Waals surface area contributed by atoms with Crippen molar-refractivity contribution in [2.45, 2.75) is 0 Å². The Morgan fingerprint density at radius 1 is 1.26 bits per heavy atom. The van der Waals surface area contributed by atoms with Crippen LogP contribution in [0.25, 0.3) is 0 Å². The summed E-state index contributed by atoms with van der Waals surface area (Å²) in [5, 5.41) is 17.8. The molecule has 0 atom stereocenters. The smallest absolute Gasteiger partial charge is 0.269 e. The third kappa shape index (κ3) is 4.75. The second-order valence-corrected chi connectivity index (χ2v) is 4.78. The number of para-hydroxylation sites is 2. The van der Waals surface area contributed by atoms with Crippen molar-refractivity contribution in [1.29, 1.82) is 0 Å². The van der Waals surface area contributed by atoms with Gasteiger partial charge in [0.25, 0.3) is 5.69 Å². The minimum absolute atomic E-state index is 0.0310. The van der Waals surface area contributed by atoms with Crippen LogP contribution in [-0.2, 0) is 0 Å². The summed E-state index contributed by atoms with van der Waals surface area (Å²) < 4.78 is 5.21. The number of benzene rings is 2. The quantitative estimate of drug-likeness (QED) is 0.379. The molecule has 0 saturated heterocycles. The summed E-state index contributed by atoms with van der Waals surface area (Å²) in [6.07, 6.45) is 1.51. The van der Waals surface area contributed by atoms with Crippen LogP contribution in [0.4, 0.5) is 11.4 Å². The van der Waals surface area contributed by atoms with Crippen LogP contribution in [0.15, 0.2) is 53.6 Å². The molecule has 2 aromatic carbocycles. The van der Waals surface area contributed by atoms with Gasteiger partial charge in [-0.2, -0.15) is 5.10 Å². The Bertz CT molecular complexity index is 732. The number of nitrogens with one attached hydrogen (secondary N) is 2. The number of non-ortho nitro benzene ring substituents is 1. The van der Waals surface area contributed by atoms with Crippen LogP contribution >= 0.6 is 12.2 Å². The van der Waals surface area contributed by atoms with Gasteiger partial charge in [-0.25, -0.2) is 0 Å². The van der Waals surface area contributed by atoms with Gasteiger partial charge in [0.15, 0.2) is 5.11 Å². The standard InChI is InChI=1S/C15H14N4O3S/c1-22-14-5-3-2-4-13(14)17-15(23)18-16-10-11-6-8-12(9-7-11)19(20)21/h2-10H,1H3,(H2,17,18,23)/b16-10-. The fourth-order valence-corrected chi connectivity index (χ4v) is 1.91. The Kier molecular flexibility index (Phi) is 5.59. The van der Waals surface area contributed by atoms with Crippen LogP contribution in [0.5, 0.6) is 5.75 Å². The number of ether oxygens (including phenoxy) is 1. The number of nitrogens with zero attached hydrogens (tertiary/aromatic N) is 2. The van der Waals surface area contributed by atoms with Gasteiger partial charge < -0.3 is 10.1 Å². The molecule has 0 saturated carbocycles. The fraction of sp³-hybridized carbons (Fsp3) is 0.0667. The Morgan fingerprint density at radius 2 is 1.96 bits per heavy atom. The summed E-state index contributed by atoms with van der Waals surface area (Å²) in [5.41, 5.74) is 4.13. The minimum atomic E-state index is -0.453. The highest BCUT2D eigenvalue weighted by Gasteiger charge is 2.04. The number of rotatable bonds is 5. The van der Waals surface area contributed by atoms with E-state index >= 15 is 0 Å². The summed E-state index contributed by atoms with van der Waals surface area (Å²) >= 11 is 5.13. The second kappa shape index (κ2) is 7.85. The van der Waals surface area contributed by atoms with Crippen molar-refractivity contribution in [3.8, 4) is 5.75 Å². The number of hydrogen-bond donors (Lipinski definition) is 2. The zero-order chi connectivity index (χ0) is 16.7. The van der Waals surface area contributed by atoms with Gasteiger partial charge in [-0.1, -0.05) is 12.1 Å². The normalized spacial score (nSPS) is 10.3. The molecule has 2 rings (SSSR count).